The van der Waals surface area contributed by atoms with Crippen LogP contribution in [0.2, 0.25) is 0 Å². The SMILES string of the molecule is COc1ccc(C)cc1C(Cl)c1ccc(F)cc1. The van der Waals surface area contributed by atoms with Crippen molar-refractivity contribution < 1.29 is 9.13 Å². The normalized spacial score (nSPS) is 12.2. The molecule has 0 aromatic heterocycles. The molecule has 0 aliphatic heterocycles. The zero-order valence-corrected chi connectivity index (χ0v) is 11.0. The Balaban J connectivity index is 2.41. The highest BCUT2D eigenvalue weighted by molar-refractivity contribution is 6.22. The van der Waals surface area contributed by atoms with Crippen molar-refractivity contribution in [2.24, 2.45) is 0 Å². The molecule has 3 heteroatoms. The van der Waals surface area contributed by atoms with E-state index in [1.165, 1.54) is 12.1 Å². The summed E-state index contributed by atoms with van der Waals surface area (Å²) in [6.07, 6.45) is 0. The average molecular weight is 265 g/mol. The summed E-state index contributed by atoms with van der Waals surface area (Å²) in [5.74, 6) is 0.476. The summed E-state index contributed by atoms with van der Waals surface area (Å²) in [7, 11) is 1.61. The Morgan fingerprint density at radius 1 is 1.11 bits per heavy atom. The van der Waals surface area contributed by atoms with Crippen LogP contribution in [0.15, 0.2) is 42.5 Å². The highest BCUT2D eigenvalue weighted by atomic mass is 35.5. The van der Waals surface area contributed by atoms with Crippen LogP contribution in [-0.4, -0.2) is 7.11 Å². The molecule has 0 aliphatic carbocycles. The number of methoxy groups -OCH3 is 1. The fourth-order valence-corrected chi connectivity index (χ4v) is 2.18. The summed E-state index contributed by atoms with van der Waals surface area (Å²) in [6.45, 7) is 2.00. The second-order valence-electron chi connectivity index (χ2n) is 4.16. The third-order valence-corrected chi connectivity index (χ3v) is 3.31. The lowest BCUT2D eigenvalue weighted by Gasteiger charge is -2.15. The summed E-state index contributed by atoms with van der Waals surface area (Å²) in [5, 5.41) is -0.347. The van der Waals surface area contributed by atoms with Gasteiger partial charge in [0.25, 0.3) is 0 Å². The largest absolute Gasteiger partial charge is 0.496 e. The van der Waals surface area contributed by atoms with Gasteiger partial charge in [-0.2, -0.15) is 0 Å². The monoisotopic (exact) mass is 264 g/mol. The molecule has 2 aromatic carbocycles. The average Bonchev–Trinajstić information content (AvgIpc) is 2.39. The Labute approximate surface area is 111 Å². The third-order valence-electron chi connectivity index (χ3n) is 2.82. The summed E-state index contributed by atoms with van der Waals surface area (Å²) in [6, 6.07) is 12.0. The Hall–Kier alpha value is -1.54. The van der Waals surface area contributed by atoms with Gasteiger partial charge >= 0.3 is 0 Å². The molecule has 1 nitrogen and oxygen atoms in total. The van der Waals surface area contributed by atoms with Crippen LogP contribution in [0.5, 0.6) is 5.75 Å². The number of rotatable bonds is 3. The van der Waals surface area contributed by atoms with Gasteiger partial charge in [0, 0.05) is 5.56 Å². The maximum absolute atomic E-state index is 12.9. The Morgan fingerprint density at radius 3 is 2.39 bits per heavy atom. The molecule has 18 heavy (non-hydrogen) atoms. The molecule has 0 saturated carbocycles. The predicted molar refractivity (Wildman–Crippen MR) is 71.8 cm³/mol. The molecule has 0 N–H and O–H groups in total. The smallest absolute Gasteiger partial charge is 0.123 e. The Kier molecular flexibility index (Phi) is 3.87. The molecular weight excluding hydrogens is 251 g/mol. The van der Waals surface area contributed by atoms with E-state index >= 15 is 0 Å². The first-order chi connectivity index (χ1) is 8.61. The molecule has 0 heterocycles. The summed E-state index contributed by atoms with van der Waals surface area (Å²) >= 11 is 6.44. The number of hydrogen-bond acceptors (Lipinski definition) is 1. The van der Waals surface area contributed by atoms with E-state index in [1.54, 1.807) is 19.2 Å². The van der Waals surface area contributed by atoms with Gasteiger partial charge in [-0.25, -0.2) is 4.39 Å². The Morgan fingerprint density at radius 2 is 1.78 bits per heavy atom. The van der Waals surface area contributed by atoms with Crippen LogP contribution in [0, 0.1) is 12.7 Å². The summed E-state index contributed by atoms with van der Waals surface area (Å²) in [4.78, 5) is 0. The third kappa shape index (κ3) is 2.65. The van der Waals surface area contributed by atoms with Gasteiger partial charge in [0.15, 0.2) is 0 Å². The van der Waals surface area contributed by atoms with Crippen molar-refractivity contribution in [3.05, 3.63) is 65.0 Å². The van der Waals surface area contributed by atoms with Gasteiger partial charge in [0.05, 0.1) is 12.5 Å². The van der Waals surface area contributed by atoms with Crippen LogP contribution in [0.25, 0.3) is 0 Å². The van der Waals surface area contributed by atoms with Crippen molar-refractivity contribution >= 4 is 11.6 Å². The van der Waals surface area contributed by atoms with Crippen molar-refractivity contribution in [2.45, 2.75) is 12.3 Å². The number of halogens is 2. The standard InChI is InChI=1S/C15H14ClFO/c1-10-3-8-14(18-2)13(9-10)15(16)11-4-6-12(17)7-5-11/h3-9,15H,1-2H3. The van der Waals surface area contributed by atoms with E-state index in [2.05, 4.69) is 0 Å². The van der Waals surface area contributed by atoms with E-state index in [1.807, 2.05) is 25.1 Å². The summed E-state index contributed by atoms with van der Waals surface area (Å²) < 4.78 is 18.2. The van der Waals surface area contributed by atoms with E-state index < -0.39 is 0 Å². The number of hydrogen-bond donors (Lipinski definition) is 0. The number of alkyl halides is 1. The molecular formula is C15H14ClFO. The maximum atomic E-state index is 12.9. The molecule has 0 saturated heterocycles. The first-order valence-electron chi connectivity index (χ1n) is 5.66. The first kappa shape index (κ1) is 12.9. The van der Waals surface area contributed by atoms with Crippen LogP contribution in [-0.2, 0) is 0 Å². The lowest BCUT2D eigenvalue weighted by Crippen LogP contribution is -1.98. The van der Waals surface area contributed by atoms with Gasteiger partial charge in [0.1, 0.15) is 11.6 Å². The van der Waals surface area contributed by atoms with Gasteiger partial charge in [-0.1, -0.05) is 29.8 Å². The van der Waals surface area contributed by atoms with Gasteiger partial charge in [-0.3, -0.25) is 0 Å². The zero-order chi connectivity index (χ0) is 13.1. The minimum absolute atomic E-state index is 0.265. The molecule has 1 atom stereocenters. The molecule has 0 fully saturated rings. The minimum atomic E-state index is -0.347. The van der Waals surface area contributed by atoms with Gasteiger partial charge in [0.2, 0.25) is 0 Å². The highest BCUT2D eigenvalue weighted by Crippen LogP contribution is 2.35. The van der Waals surface area contributed by atoms with Crippen LogP contribution in [0.4, 0.5) is 4.39 Å². The van der Waals surface area contributed by atoms with Gasteiger partial charge in [-0.05, 0) is 30.7 Å². The molecule has 2 rings (SSSR count). The van der Waals surface area contributed by atoms with Crippen LogP contribution in [0.3, 0.4) is 0 Å². The number of benzene rings is 2. The molecule has 0 aliphatic rings. The van der Waals surface area contributed by atoms with E-state index in [-0.39, 0.29) is 11.2 Å². The van der Waals surface area contributed by atoms with E-state index in [0.29, 0.717) is 0 Å². The lowest BCUT2D eigenvalue weighted by atomic mass is 10.0. The molecule has 0 spiro atoms. The van der Waals surface area contributed by atoms with E-state index in [0.717, 1.165) is 22.4 Å². The van der Waals surface area contributed by atoms with Crippen LogP contribution in [0.1, 0.15) is 22.1 Å². The van der Waals surface area contributed by atoms with Crippen molar-refractivity contribution in [2.75, 3.05) is 7.11 Å². The fourth-order valence-electron chi connectivity index (χ4n) is 1.86. The highest BCUT2D eigenvalue weighted by Gasteiger charge is 2.15. The van der Waals surface area contributed by atoms with Gasteiger partial charge < -0.3 is 4.74 Å². The predicted octanol–water partition coefficient (Wildman–Crippen LogP) is 4.47. The minimum Gasteiger partial charge on any atom is -0.496 e. The number of ether oxygens (including phenoxy) is 1. The molecule has 0 bridgehead atoms. The molecule has 0 amide bonds. The second kappa shape index (κ2) is 5.40. The van der Waals surface area contributed by atoms with E-state index in [4.69, 9.17) is 16.3 Å². The topological polar surface area (TPSA) is 9.23 Å². The fraction of sp³-hybridized carbons (Fsp3) is 0.200. The lowest BCUT2D eigenvalue weighted by molar-refractivity contribution is 0.410. The molecule has 94 valence electrons. The summed E-state index contributed by atoms with van der Waals surface area (Å²) in [5.41, 5.74) is 2.85. The van der Waals surface area contributed by atoms with E-state index in [9.17, 15) is 4.39 Å². The van der Waals surface area contributed by atoms with Crippen molar-refractivity contribution in [1.82, 2.24) is 0 Å². The van der Waals surface area contributed by atoms with Gasteiger partial charge in [-0.15, -0.1) is 11.6 Å². The van der Waals surface area contributed by atoms with Crippen molar-refractivity contribution in [1.29, 1.82) is 0 Å². The van der Waals surface area contributed by atoms with Crippen LogP contribution < -0.4 is 4.74 Å². The van der Waals surface area contributed by atoms with Crippen LogP contribution >= 0.6 is 11.6 Å². The first-order valence-corrected chi connectivity index (χ1v) is 6.09. The van der Waals surface area contributed by atoms with Crippen molar-refractivity contribution in [3.8, 4) is 5.75 Å². The van der Waals surface area contributed by atoms with Crippen molar-refractivity contribution in [3.63, 3.8) is 0 Å². The zero-order valence-electron chi connectivity index (χ0n) is 10.3. The Bertz CT molecular complexity index is 537. The molecule has 0 radical (unpaired) electrons. The second-order valence-corrected chi connectivity index (χ2v) is 4.60. The maximum Gasteiger partial charge on any atom is 0.123 e. The molecule has 1 unspecified atom stereocenters. The number of aryl methyl sites for hydroxylation is 1. The molecule has 2 aromatic rings. The quantitative estimate of drug-likeness (QED) is 0.743.